The van der Waals surface area contributed by atoms with Gasteiger partial charge in [-0.3, -0.25) is 0 Å². The van der Waals surface area contributed by atoms with Crippen LogP contribution in [0.4, 0.5) is 4.39 Å². The van der Waals surface area contributed by atoms with Crippen molar-refractivity contribution in [2.75, 3.05) is 6.54 Å². The van der Waals surface area contributed by atoms with Crippen molar-refractivity contribution in [3.05, 3.63) is 65.7 Å². The predicted molar refractivity (Wildman–Crippen MR) is 79.6 cm³/mol. The van der Waals surface area contributed by atoms with E-state index in [-0.39, 0.29) is 12.6 Å². The molecular formula is C17H20FNO. The summed E-state index contributed by atoms with van der Waals surface area (Å²) in [7, 11) is 0. The van der Waals surface area contributed by atoms with E-state index in [2.05, 4.69) is 0 Å². The van der Waals surface area contributed by atoms with E-state index in [1.54, 1.807) is 36.4 Å². The van der Waals surface area contributed by atoms with Crippen LogP contribution in [-0.4, -0.2) is 12.6 Å². The highest BCUT2D eigenvalue weighted by Gasteiger charge is 2.32. The summed E-state index contributed by atoms with van der Waals surface area (Å²) in [6.07, 6.45) is 0.0969. The van der Waals surface area contributed by atoms with E-state index in [1.807, 2.05) is 32.0 Å². The summed E-state index contributed by atoms with van der Waals surface area (Å²) < 4.78 is 20.8. The molecule has 2 rings (SSSR count). The Bertz CT molecular complexity index is 539. The van der Waals surface area contributed by atoms with E-state index in [0.717, 1.165) is 5.75 Å². The molecule has 2 aromatic carbocycles. The highest BCUT2D eigenvalue weighted by Crippen LogP contribution is 2.33. The number of nitrogens with two attached hydrogens (primary N) is 1. The summed E-state index contributed by atoms with van der Waals surface area (Å²) >= 11 is 0. The number of ether oxygens (including phenoxy) is 1. The van der Waals surface area contributed by atoms with Crippen molar-refractivity contribution in [2.24, 2.45) is 5.73 Å². The molecule has 0 aliphatic heterocycles. The second-order valence-corrected chi connectivity index (χ2v) is 5.06. The maximum absolute atomic E-state index is 15.2. The van der Waals surface area contributed by atoms with Gasteiger partial charge in [0.15, 0.2) is 5.67 Å². The predicted octanol–water partition coefficient (Wildman–Crippen LogP) is 3.65. The molecule has 0 heterocycles. The molecule has 2 aromatic rings. The molecule has 3 heteroatoms. The first-order valence-corrected chi connectivity index (χ1v) is 6.78. The number of hydrogen-bond acceptors (Lipinski definition) is 2. The minimum atomic E-state index is -1.67. The van der Waals surface area contributed by atoms with Crippen LogP contribution in [0.5, 0.6) is 5.75 Å². The first-order chi connectivity index (χ1) is 9.56. The van der Waals surface area contributed by atoms with Crippen LogP contribution in [-0.2, 0) is 5.67 Å². The van der Waals surface area contributed by atoms with Gasteiger partial charge in [0.05, 0.1) is 6.10 Å². The van der Waals surface area contributed by atoms with Gasteiger partial charge in [-0.05, 0) is 37.1 Å². The molecule has 0 aromatic heterocycles. The highest BCUT2D eigenvalue weighted by molar-refractivity contribution is 5.39. The maximum atomic E-state index is 15.2. The molecule has 0 aliphatic carbocycles. The molecule has 0 saturated carbocycles. The SMILES string of the molecule is CC(C)Oc1ccc(C(F)(CN)c2ccccc2)cc1. The van der Waals surface area contributed by atoms with Crippen LogP contribution in [0.3, 0.4) is 0 Å². The van der Waals surface area contributed by atoms with Crippen LogP contribution < -0.4 is 10.5 Å². The lowest BCUT2D eigenvalue weighted by molar-refractivity contribution is 0.230. The number of halogens is 1. The molecular weight excluding hydrogens is 253 g/mol. The van der Waals surface area contributed by atoms with Crippen molar-refractivity contribution < 1.29 is 9.13 Å². The molecule has 106 valence electrons. The van der Waals surface area contributed by atoms with E-state index in [0.29, 0.717) is 11.1 Å². The first-order valence-electron chi connectivity index (χ1n) is 6.78. The summed E-state index contributed by atoms with van der Waals surface area (Å²) in [5.41, 5.74) is 5.13. The summed E-state index contributed by atoms with van der Waals surface area (Å²) in [4.78, 5) is 0. The van der Waals surface area contributed by atoms with E-state index >= 15 is 4.39 Å². The van der Waals surface area contributed by atoms with Crippen molar-refractivity contribution >= 4 is 0 Å². The normalized spacial score (nSPS) is 14.1. The Morgan fingerprint density at radius 2 is 1.55 bits per heavy atom. The fourth-order valence-electron chi connectivity index (χ4n) is 2.17. The second kappa shape index (κ2) is 6.06. The van der Waals surface area contributed by atoms with Crippen molar-refractivity contribution in [1.82, 2.24) is 0 Å². The van der Waals surface area contributed by atoms with Gasteiger partial charge in [-0.25, -0.2) is 4.39 Å². The van der Waals surface area contributed by atoms with Crippen molar-refractivity contribution in [3.8, 4) is 5.75 Å². The van der Waals surface area contributed by atoms with Gasteiger partial charge in [0.1, 0.15) is 5.75 Å². The fraction of sp³-hybridized carbons (Fsp3) is 0.294. The molecule has 0 saturated heterocycles. The van der Waals surface area contributed by atoms with Crippen LogP contribution in [0.15, 0.2) is 54.6 Å². The van der Waals surface area contributed by atoms with Gasteiger partial charge in [-0.15, -0.1) is 0 Å². The molecule has 2 N–H and O–H groups in total. The smallest absolute Gasteiger partial charge is 0.173 e. The minimum Gasteiger partial charge on any atom is -0.491 e. The van der Waals surface area contributed by atoms with Crippen LogP contribution in [0, 0.1) is 0 Å². The van der Waals surface area contributed by atoms with Gasteiger partial charge in [0.2, 0.25) is 0 Å². The fourth-order valence-corrected chi connectivity index (χ4v) is 2.17. The largest absolute Gasteiger partial charge is 0.491 e. The van der Waals surface area contributed by atoms with Crippen LogP contribution in [0.1, 0.15) is 25.0 Å². The van der Waals surface area contributed by atoms with Gasteiger partial charge >= 0.3 is 0 Å². The third kappa shape index (κ3) is 2.99. The zero-order valence-corrected chi connectivity index (χ0v) is 11.8. The van der Waals surface area contributed by atoms with Gasteiger partial charge < -0.3 is 10.5 Å². The summed E-state index contributed by atoms with van der Waals surface area (Å²) in [5.74, 6) is 0.733. The molecule has 0 bridgehead atoms. The summed E-state index contributed by atoms with van der Waals surface area (Å²) in [6.45, 7) is 3.82. The molecule has 1 unspecified atom stereocenters. The quantitative estimate of drug-likeness (QED) is 0.902. The lowest BCUT2D eigenvalue weighted by Gasteiger charge is -2.25. The number of rotatable bonds is 5. The summed E-state index contributed by atoms with van der Waals surface area (Å²) in [6, 6.07) is 16.0. The zero-order valence-electron chi connectivity index (χ0n) is 11.8. The number of alkyl halides is 1. The Hall–Kier alpha value is -1.87. The summed E-state index contributed by atoms with van der Waals surface area (Å²) in [5, 5.41) is 0. The van der Waals surface area contributed by atoms with Gasteiger partial charge in [-0.2, -0.15) is 0 Å². The lowest BCUT2D eigenvalue weighted by Crippen LogP contribution is -2.31. The van der Waals surface area contributed by atoms with Crippen LogP contribution >= 0.6 is 0 Å². The molecule has 0 aliphatic rings. The van der Waals surface area contributed by atoms with Gasteiger partial charge in [-0.1, -0.05) is 42.5 Å². The Kier molecular flexibility index (Phi) is 4.40. The minimum absolute atomic E-state index is 0.0958. The third-order valence-corrected chi connectivity index (χ3v) is 3.20. The Labute approximate surface area is 119 Å². The van der Waals surface area contributed by atoms with Crippen LogP contribution in [0.2, 0.25) is 0 Å². The zero-order chi connectivity index (χ0) is 14.6. The molecule has 0 spiro atoms. The molecule has 2 nitrogen and oxygen atoms in total. The molecule has 0 fully saturated rings. The average molecular weight is 273 g/mol. The van der Waals surface area contributed by atoms with Crippen LogP contribution in [0.25, 0.3) is 0 Å². The Morgan fingerprint density at radius 1 is 1.00 bits per heavy atom. The monoisotopic (exact) mass is 273 g/mol. The first kappa shape index (κ1) is 14.5. The van der Waals surface area contributed by atoms with E-state index in [4.69, 9.17) is 10.5 Å². The van der Waals surface area contributed by atoms with E-state index in [1.165, 1.54) is 0 Å². The topological polar surface area (TPSA) is 35.2 Å². The molecule has 0 amide bonds. The van der Waals surface area contributed by atoms with Gasteiger partial charge in [0, 0.05) is 6.54 Å². The third-order valence-electron chi connectivity index (χ3n) is 3.20. The second-order valence-electron chi connectivity index (χ2n) is 5.06. The number of benzene rings is 2. The molecule has 1 atom stereocenters. The Balaban J connectivity index is 2.32. The van der Waals surface area contributed by atoms with Gasteiger partial charge in [0.25, 0.3) is 0 Å². The van der Waals surface area contributed by atoms with Crippen molar-refractivity contribution in [1.29, 1.82) is 0 Å². The molecule has 0 radical (unpaired) electrons. The maximum Gasteiger partial charge on any atom is 0.173 e. The van der Waals surface area contributed by atoms with E-state index < -0.39 is 5.67 Å². The van der Waals surface area contributed by atoms with Crippen molar-refractivity contribution in [3.63, 3.8) is 0 Å². The Morgan fingerprint density at radius 3 is 2.05 bits per heavy atom. The highest BCUT2D eigenvalue weighted by atomic mass is 19.1. The number of hydrogen-bond donors (Lipinski definition) is 1. The molecule has 20 heavy (non-hydrogen) atoms. The lowest BCUT2D eigenvalue weighted by atomic mass is 9.88. The van der Waals surface area contributed by atoms with E-state index in [9.17, 15) is 0 Å². The van der Waals surface area contributed by atoms with Crippen molar-refractivity contribution in [2.45, 2.75) is 25.6 Å². The average Bonchev–Trinajstić information content (AvgIpc) is 2.47. The standard InChI is InChI=1S/C17H20FNO/c1-13(2)20-16-10-8-15(9-11-16)17(18,12-19)14-6-4-3-5-7-14/h3-11,13H,12,19H2,1-2H3.